The summed E-state index contributed by atoms with van der Waals surface area (Å²) in [6, 6.07) is 5.48. The van der Waals surface area contributed by atoms with E-state index in [1.54, 1.807) is 37.0 Å². The summed E-state index contributed by atoms with van der Waals surface area (Å²) < 4.78 is 48.8. The summed E-state index contributed by atoms with van der Waals surface area (Å²) in [6.07, 6.45) is 7.03. The van der Waals surface area contributed by atoms with E-state index in [2.05, 4.69) is 4.98 Å². The standard InChI is InChI=1S/C23H24FN3O5S/c1-15(2)32-22-4-3-17(11-20(22)24)33(30,31)27-9-6-16(7-10-27)19-13-26(14-23(28)29)21-12-25-8-5-18(19)21/h3-6,8,11-13,15H,7,9-10,14H2,1-2H3,(H,28,29). The van der Waals surface area contributed by atoms with E-state index < -0.39 is 21.8 Å². The van der Waals surface area contributed by atoms with Crippen molar-refractivity contribution >= 4 is 32.5 Å². The van der Waals surface area contributed by atoms with E-state index in [-0.39, 0.29) is 36.4 Å². The van der Waals surface area contributed by atoms with Crippen molar-refractivity contribution in [3.05, 3.63) is 60.3 Å². The van der Waals surface area contributed by atoms with E-state index in [0.29, 0.717) is 11.9 Å². The van der Waals surface area contributed by atoms with E-state index in [9.17, 15) is 22.7 Å². The molecule has 2 aromatic heterocycles. The third-order valence-corrected chi connectivity index (χ3v) is 7.27. The molecule has 1 aromatic carbocycles. The highest BCUT2D eigenvalue weighted by atomic mass is 32.2. The number of carboxylic acid groups (broad SMARTS) is 1. The van der Waals surface area contributed by atoms with Gasteiger partial charge in [0.25, 0.3) is 0 Å². The highest BCUT2D eigenvalue weighted by molar-refractivity contribution is 7.89. The Morgan fingerprint density at radius 1 is 1.30 bits per heavy atom. The molecule has 0 radical (unpaired) electrons. The molecule has 4 rings (SSSR count). The van der Waals surface area contributed by atoms with Gasteiger partial charge in [-0.1, -0.05) is 6.08 Å². The molecule has 0 aliphatic carbocycles. The Morgan fingerprint density at radius 2 is 2.09 bits per heavy atom. The number of rotatable bonds is 7. The lowest BCUT2D eigenvalue weighted by atomic mass is 10.0. The van der Waals surface area contributed by atoms with Crippen molar-refractivity contribution in [1.29, 1.82) is 0 Å². The maximum Gasteiger partial charge on any atom is 0.323 e. The summed E-state index contributed by atoms with van der Waals surface area (Å²) in [5, 5.41) is 10.1. The van der Waals surface area contributed by atoms with Crippen molar-refractivity contribution < 1.29 is 27.4 Å². The number of carbonyl (C=O) groups is 1. The molecule has 0 unspecified atom stereocenters. The van der Waals surface area contributed by atoms with Crippen molar-refractivity contribution in [3.63, 3.8) is 0 Å². The van der Waals surface area contributed by atoms with Crippen LogP contribution in [0.25, 0.3) is 16.5 Å². The first-order chi connectivity index (χ1) is 15.7. The molecule has 33 heavy (non-hydrogen) atoms. The minimum atomic E-state index is -3.89. The Hall–Kier alpha value is -3.24. The van der Waals surface area contributed by atoms with E-state index in [1.807, 2.05) is 12.1 Å². The number of fused-ring (bicyclic) bond motifs is 1. The second kappa shape index (κ2) is 8.95. The zero-order valence-electron chi connectivity index (χ0n) is 18.2. The quantitative estimate of drug-likeness (QED) is 0.563. The van der Waals surface area contributed by atoms with Crippen LogP contribution in [0.5, 0.6) is 5.75 Å². The van der Waals surface area contributed by atoms with Crippen molar-refractivity contribution in [2.45, 2.75) is 37.8 Å². The highest BCUT2D eigenvalue weighted by Crippen LogP contribution is 2.32. The Balaban J connectivity index is 1.59. The topological polar surface area (TPSA) is 102 Å². The van der Waals surface area contributed by atoms with Gasteiger partial charge in [0, 0.05) is 36.4 Å². The van der Waals surface area contributed by atoms with Gasteiger partial charge in [0.05, 0.1) is 22.7 Å². The fourth-order valence-electron chi connectivity index (χ4n) is 3.92. The van der Waals surface area contributed by atoms with Gasteiger partial charge in [-0.05, 0) is 50.1 Å². The number of sulfonamides is 1. The largest absolute Gasteiger partial charge is 0.488 e. The highest BCUT2D eigenvalue weighted by Gasteiger charge is 2.28. The lowest BCUT2D eigenvalue weighted by Gasteiger charge is -2.26. The monoisotopic (exact) mass is 473 g/mol. The molecular formula is C23H24FN3O5S. The van der Waals surface area contributed by atoms with Crippen LogP contribution in [0.4, 0.5) is 4.39 Å². The summed E-state index contributed by atoms with van der Waals surface area (Å²) in [5.74, 6) is -1.68. The van der Waals surface area contributed by atoms with Crippen LogP contribution in [-0.2, 0) is 21.4 Å². The first kappa shape index (κ1) is 22.9. The Morgan fingerprint density at radius 3 is 2.73 bits per heavy atom. The molecule has 1 N–H and O–H groups in total. The summed E-state index contributed by atoms with van der Waals surface area (Å²) in [7, 11) is -3.89. The molecule has 0 atom stereocenters. The van der Waals surface area contributed by atoms with Gasteiger partial charge in [0.2, 0.25) is 10.0 Å². The molecule has 0 saturated heterocycles. The van der Waals surface area contributed by atoms with Gasteiger partial charge in [-0.3, -0.25) is 9.78 Å². The van der Waals surface area contributed by atoms with Crippen LogP contribution in [0, 0.1) is 5.82 Å². The van der Waals surface area contributed by atoms with Crippen molar-refractivity contribution in [1.82, 2.24) is 13.9 Å². The Labute approximate surface area is 191 Å². The first-order valence-electron chi connectivity index (χ1n) is 10.5. The minimum absolute atomic E-state index is 0.0111. The number of ether oxygens (including phenoxy) is 1. The predicted molar refractivity (Wildman–Crippen MR) is 121 cm³/mol. The number of halogens is 1. The molecule has 174 valence electrons. The molecule has 3 aromatic rings. The van der Waals surface area contributed by atoms with E-state index >= 15 is 0 Å². The van der Waals surface area contributed by atoms with Crippen LogP contribution in [-0.4, -0.2) is 52.5 Å². The van der Waals surface area contributed by atoms with Gasteiger partial charge in [-0.25, -0.2) is 12.8 Å². The molecule has 1 aliphatic heterocycles. The minimum Gasteiger partial charge on any atom is -0.488 e. The summed E-state index contributed by atoms with van der Waals surface area (Å²) in [5.41, 5.74) is 2.48. The molecular weight excluding hydrogens is 449 g/mol. The average Bonchev–Trinajstić information content (AvgIpc) is 3.13. The summed E-state index contributed by atoms with van der Waals surface area (Å²) >= 11 is 0. The van der Waals surface area contributed by atoms with E-state index in [0.717, 1.165) is 22.6 Å². The first-order valence-corrected chi connectivity index (χ1v) is 11.9. The van der Waals surface area contributed by atoms with Gasteiger partial charge in [0.15, 0.2) is 11.6 Å². The van der Waals surface area contributed by atoms with E-state index in [1.165, 1.54) is 16.4 Å². The summed E-state index contributed by atoms with van der Waals surface area (Å²) in [6.45, 7) is 3.67. The number of carboxylic acids is 1. The molecule has 10 heteroatoms. The molecule has 0 bridgehead atoms. The van der Waals surface area contributed by atoms with Crippen LogP contribution in [0.1, 0.15) is 25.8 Å². The fourth-order valence-corrected chi connectivity index (χ4v) is 5.32. The van der Waals surface area contributed by atoms with Crippen LogP contribution in [0.2, 0.25) is 0 Å². The summed E-state index contributed by atoms with van der Waals surface area (Å²) in [4.78, 5) is 15.2. The second-order valence-corrected chi connectivity index (χ2v) is 10.00. The number of aromatic nitrogens is 2. The molecule has 8 nitrogen and oxygen atoms in total. The third kappa shape index (κ3) is 4.62. The van der Waals surface area contributed by atoms with Gasteiger partial charge < -0.3 is 14.4 Å². The molecule has 0 amide bonds. The SMILES string of the molecule is CC(C)Oc1ccc(S(=O)(=O)N2CC=C(c3cn(CC(=O)O)c4cnccc34)CC2)cc1F. The zero-order chi connectivity index (χ0) is 23.8. The Bertz CT molecular complexity index is 1350. The lowest BCUT2D eigenvalue weighted by Crippen LogP contribution is -2.34. The number of pyridine rings is 1. The predicted octanol–water partition coefficient (Wildman–Crippen LogP) is 3.53. The van der Waals surface area contributed by atoms with Gasteiger partial charge >= 0.3 is 5.97 Å². The number of benzene rings is 1. The normalized spacial score (nSPS) is 15.1. The molecule has 0 fully saturated rings. The number of nitrogens with zero attached hydrogens (tertiary/aromatic N) is 3. The zero-order valence-corrected chi connectivity index (χ0v) is 19.0. The van der Waals surface area contributed by atoms with Gasteiger partial charge in [-0.15, -0.1) is 0 Å². The lowest BCUT2D eigenvalue weighted by molar-refractivity contribution is -0.137. The van der Waals surface area contributed by atoms with Crippen molar-refractivity contribution in [2.75, 3.05) is 13.1 Å². The van der Waals surface area contributed by atoms with E-state index in [4.69, 9.17) is 4.74 Å². The number of hydrogen-bond acceptors (Lipinski definition) is 5. The molecule has 1 aliphatic rings. The van der Waals surface area contributed by atoms with Crippen molar-refractivity contribution in [3.8, 4) is 5.75 Å². The maximum absolute atomic E-state index is 14.4. The average molecular weight is 474 g/mol. The van der Waals surface area contributed by atoms with Gasteiger partial charge in [0.1, 0.15) is 6.54 Å². The number of hydrogen-bond donors (Lipinski definition) is 1. The van der Waals surface area contributed by atoms with Crippen molar-refractivity contribution in [2.24, 2.45) is 0 Å². The second-order valence-electron chi connectivity index (χ2n) is 8.06. The molecule has 3 heterocycles. The number of aliphatic carboxylic acids is 1. The third-order valence-electron chi connectivity index (χ3n) is 5.41. The smallest absolute Gasteiger partial charge is 0.323 e. The van der Waals surface area contributed by atoms with Gasteiger partial charge in [-0.2, -0.15) is 4.31 Å². The molecule has 0 saturated carbocycles. The maximum atomic E-state index is 14.4. The van der Waals surface area contributed by atoms with Crippen LogP contribution >= 0.6 is 0 Å². The Kier molecular flexibility index (Phi) is 6.22. The fraction of sp³-hybridized carbons (Fsp3) is 0.304. The van der Waals surface area contributed by atoms with Crippen LogP contribution in [0.15, 0.2) is 53.8 Å². The van der Waals surface area contributed by atoms with Crippen LogP contribution < -0.4 is 4.74 Å². The molecule has 0 spiro atoms. The van der Waals surface area contributed by atoms with Crippen LogP contribution in [0.3, 0.4) is 0 Å².